The van der Waals surface area contributed by atoms with E-state index in [9.17, 15) is 8.60 Å². The number of hydrogen-bond acceptors (Lipinski definition) is 3. The number of nitrogens with one attached hydrogen (secondary N) is 1. The van der Waals surface area contributed by atoms with Gasteiger partial charge in [0.2, 0.25) is 0 Å². The maximum absolute atomic E-state index is 13.7. The van der Waals surface area contributed by atoms with Crippen molar-refractivity contribution in [1.82, 2.24) is 5.32 Å². The summed E-state index contributed by atoms with van der Waals surface area (Å²) in [6, 6.07) is 6.43. The van der Waals surface area contributed by atoms with E-state index in [1.165, 1.54) is 6.07 Å². The minimum atomic E-state index is -1.32. The van der Waals surface area contributed by atoms with Crippen LogP contribution in [-0.4, -0.2) is 35.8 Å². The average Bonchev–Trinajstić information content (AvgIpc) is 2.97. The summed E-state index contributed by atoms with van der Waals surface area (Å²) in [5.74, 6) is 0.426. The second-order valence-electron chi connectivity index (χ2n) is 5.13. The molecule has 1 heterocycles. The van der Waals surface area contributed by atoms with Gasteiger partial charge in [-0.3, -0.25) is 4.21 Å². The minimum Gasteiger partial charge on any atom is -0.381 e. The number of rotatable bonds is 7. The normalized spacial score (nSPS) is 21.8. The topological polar surface area (TPSA) is 38.3 Å². The number of benzene rings is 1. The first-order chi connectivity index (χ1) is 9.72. The van der Waals surface area contributed by atoms with Gasteiger partial charge in [0.05, 0.1) is 22.3 Å². The van der Waals surface area contributed by atoms with Gasteiger partial charge in [-0.15, -0.1) is 0 Å². The highest BCUT2D eigenvalue weighted by molar-refractivity contribution is 7.85. The molecule has 5 heteroatoms. The van der Waals surface area contributed by atoms with Crippen LogP contribution in [0.3, 0.4) is 0 Å². The van der Waals surface area contributed by atoms with Crippen molar-refractivity contribution in [3.63, 3.8) is 0 Å². The van der Waals surface area contributed by atoms with Crippen molar-refractivity contribution in [3.05, 3.63) is 30.1 Å². The van der Waals surface area contributed by atoms with E-state index in [1.54, 1.807) is 18.2 Å². The summed E-state index contributed by atoms with van der Waals surface area (Å²) in [5.41, 5.74) is 0. The number of ether oxygens (including phenoxy) is 1. The molecule has 1 aliphatic heterocycles. The van der Waals surface area contributed by atoms with Gasteiger partial charge in [0.15, 0.2) is 0 Å². The van der Waals surface area contributed by atoms with Crippen molar-refractivity contribution in [2.45, 2.75) is 30.7 Å². The maximum Gasteiger partial charge on any atom is 0.139 e. The Bertz CT molecular complexity index is 449. The summed E-state index contributed by atoms with van der Waals surface area (Å²) in [7, 11) is -1.32. The lowest BCUT2D eigenvalue weighted by Gasteiger charge is -2.23. The lowest BCUT2D eigenvalue weighted by atomic mass is 10.0. The van der Waals surface area contributed by atoms with Crippen LogP contribution in [0.2, 0.25) is 0 Å². The summed E-state index contributed by atoms with van der Waals surface area (Å²) in [5, 5.41) is 3.44. The standard InChI is InChI=1S/C15H22FNO2S/c1-2-8-17-14(12-7-9-19-10-12)11-20(18)15-6-4-3-5-13(15)16/h3-6,12,14,17H,2,7-11H2,1H3. The van der Waals surface area contributed by atoms with Crippen LogP contribution < -0.4 is 5.32 Å². The Kier molecular flexibility index (Phi) is 6.13. The summed E-state index contributed by atoms with van der Waals surface area (Å²) < 4.78 is 31.5. The predicted octanol–water partition coefficient (Wildman–Crippen LogP) is 2.34. The van der Waals surface area contributed by atoms with Crippen LogP contribution >= 0.6 is 0 Å². The van der Waals surface area contributed by atoms with E-state index in [0.717, 1.165) is 26.0 Å². The van der Waals surface area contributed by atoms with Crippen molar-refractivity contribution >= 4 is 10.8 Å². The molecule has 3 nitrogen and oxygen atoms in total. The molecule has 0 amide bonds. The van der Waals surface area contributed by atoms with Crippen LogP contribution in [0, 0.1) is 11.7 Å². The van der Waals surface area contributed by atoms with Crippen molar-refractivity contribution < 1.29 is 13.3 Å². The second kappa shape index (κ2) is 7.86. The molecule has 3 unspecified atom stereocenters. The van der Waals surface area contributed by atoms with Crippen LogP contribution in [0.15, 0.2) is 29.2 Å². The van der Waals surface area contributed by atoms with Crippen molar-refractivity contribution in [3.8, 4) is 0 Å². The summed E-state index contributed by atoms with van der Waals surface area (Å²) in [6.45, 7) is 4.45. The van der Waals surface area contributed by atoms with E-state index >= 15 is 0 Å². The van der Waals surface area contributed by atoms with Crippen LogP contribution in [-0.2, 0) is 15.5 Å². The molecule has 20 heavy (non-hydrogen) atoms. The molecule has 0 saturated carbocycles. The Labute approximate surface area is 122 Å². The van der Waals surface area contributed by atoms with Gasteiger partial charge in [-0.25, -0.2) is 4.39 Å². The predicted molar refractivity (Wildman–Crippen MR) is 78.7 cm³/mol. The highest BCUT2D eigenvalue weighted by Gasteiger charge is 2.27. The lowest BCUT2D eigenvalue weighted by Crippen LogP contribution is -2.41. The average molecular weight is 299 g/mol. The molecular weight excluding hydrogens is 277 g/mol. The summed E-state index contributed by atoms with van der Waals surface area (Å²) in [4.78, 5) is 0.301. The molecule has 1 aromatic carbocycles. The molecule has 112 valence electrons. The maximum atomic E-state index is 13.7. The van der Waals surface area contributed by atoms with E-state index in [0.29, 0.717) is 23.2 Å². The largest absolute Gasteiger partial charge is 0.381 e. The molecule has 0 spiro atoms. The number of halogens is 1. The molecule has 1 saturated heterocycles. The lowest BCUT2D eigenvalue weighted by molar-refractivity contribution is 0.179. The quantitative estimate of drug-likeness (QED) is 0.840. The van der Waals surface area contributed by atoms with Gasteiger partial charge in [-0.1, -0.05) is 19.1 Å². The van der Waals surface area contributed by atoms with E-state index in [2.05, 4.69) is 12.2 Å². The third kappa shape index (κ3) is 4.11. The van der Waals surface area contributed by atoms with E-state index in [-0.39, 0.29) is 11.9 Å². The van der Waals surface area contributed by atoms with Crippen molar-refractivity contribution in [1.29, 1.82) is 0 Å². The molecule has 1 fully saturated rings. The van der Waals surface area contributed by atoms with Crippen molar-refractivity contribution in [2.75, 3.05) is 25.5 Å². The third-order valence-electron chi connectivity index (χ3n) is 3.60. The summed E-state index contributed by atoms with van der Waals surface area (Å²) in [6.07, 6.45) is 2.01. The van der Waals surface area contributed by atoms with Gasteiger partial charge in [0.1, 0.15) is 5.82 Å². The molecular formula is C15H22FNO2S. The molecule has 0 aromatic heterocycles. The zero-order valence-electron chi connectivity index (χ0n) is 11.8. The Morgan fingerprint density at radius 2 is 2.30 bits per heavy atom. The smallest absolute Gasteiger partial charge is 0.139 e. The fraction of sp³-hybridized carbons (Fsp3) is 0.600. The SMILES string of the molecule is CCCNC(CS(=O)c1ccccc1F)C1CCOC1. The minimum absolute atomic E-state index is 0.123. The van der Waals surface area contributed by atoms with E-state index < -0.39 is 10.8 Å². The van der Waals surface area contributed by atoms with Gasteiger partial charge in [-0.05, 0) is 31.5 Å². The first kappa shape index (κ1) is 15.6. The molecule has 0 bridgehead atoms. The van der Waals surface area contributed by atoms with E-state index in [1.807, 2.05) is 0 Å². The highest BCUT2D eigenvalue weighted by atomic mass is 32.2. The molecule has 0 aliphatic carbocycles. The highest BCUT2D eigenvalue weighted by Crippen LogP contribution is 2.20. The van der Waals surface area contributed by atoms with Crippen LogP contribution in [0.4, 0.5) is 4.39 Å². The van der Waals surface area contributed by atoms with Gasteiger partial charge < -0.3 is 10.1 Å². The van der Waals surface area contributed by atoms with E-state index in [4.69, 9.17) is 4.74 Å². The first-order valence-corrected chi connectivity index (χ1v) is 8.48. The number of hydrogen-bond donors (Lipinski definition) is 1. The zero-order valence-corrected chi connectivity index (χ0v) is 12.6. The Morgan fingerprint density at radius 1 is 1.50 bits per heavy atom. The third-order valence-corrected chi connectivity index (χ3v) is 5.09. The Morgan fingerprint density at radius 3 is 2.95 bits per heavy atom. The first-order valence-electron chi connectivity index (χ1n) is 7.16. The van der Waals surface area contributed by atoms with Crippen molar-refractivity contribution in [2.24, 2.45) is 5.92 Å². The Hall–Kier alpha value is -0.780. The van der Waals surface area contributed by atoms with Gasteiger partial charge in [0, 0.05) is 24.3 Å². The molecule has 0 radical (unpaired) electrons. The van der Waals surface area contributed by atoms with Gasteiger partial charge >= 0.3 is 0 Å². The van der Waals surface area contributed by atoms with Crippen LogP contribution in [0.25, 0.3) is 0 Å². The van der Waals surface area contributed by atoms with Crippen LogP contribution in [0.5, 0.6) is 0 Å². The van der Waals surface area contributed by atoms with Crippen LogP contribution in [0.1, 0.15) is 19.8 Å². The van der Waals surface area contributed by atoms with Gasteiger partial charge in [-0.2, -0.15) is 0 Å². The van der Waals surface area contributed by atoms with Gasteiger partial charge in [0.25, 0.3) is 0 Å². The Balaban J connectivity index is 2.02. The second-order valence-corrected chi connectivity index (χ2v) is 6.59. The fourth-order valence-corrected chi connectivity index (χ4v) is 3.86. The molecule has 2 rings (SSSR count). The molecule has 3 atom stereocenters. The molecule has 1 aliphatic rings. The fourth-order valence-electron chi connectivity index (χ4n) is 2.44. The molecule has 1 aromatic rings. The molecule has 1 N–H and O–H groups in total. The monoisotopic (exact) mass is 299 g/mol. The zero-order chi connectivity index (χ0) is 14.4. The summed E-state index contributed by atoms with van der Waals surface area (Å²) >= 11 is 0.